The van der Waals surface area contributed by atoms with E-state index in [1.807, 2.05) is 0 Å². The molecular weight excluding hydrogens is 198 g/mol. The molecule has 0 heterocycles. The van der Waals surface area contributed by atoms with E-state index in [1.54, 1.807) is 0 Å². The van der Waals surface area contributed by atoms with Crippen molar-refractivity contribution in [1.29, 1.82) is 0 Å². The summed E-state index contributed by atoms with van der Waals surface area (Å²) in [6.07, 6.45) is 2.24. The molecular formula is C13H29NSi. The minimum absolute atomic E-state index is 0.0869. The van der Waals surface area contributed by atoms with Crippen LogP contribution in [0.1, 0.15) is 48.5 Å². The van der Waals surface area contributed by atoms with Gasteiger partial charge in [0.1, 0.15) is 0 Å². The normalized spacial score (nSPS) is 15.9. The van der Waals surface area contributed by atoms with Crippen molar-refractivity contribution in [3.8, 4) is 0 Å². The molecule has 0 aliphatic rings. The lowest BCUT2D eigenvalue weighted by atomic mass is 10.1. The van der Waals surface area contributed by atoms with Crippen LogP contribution < -0.4 is 0 Å². The number of hydrogen-bond acceptors (Lipinski definition) is 1. The average Bonchev–Trinajstić information content (AvgIpc) is 2.17. The van der Waals surface area contributed by atoms with Crippen LogP contribution in [0.4, 0.5) is 0 Å². The SMILES string of the molecule is CC[Si](CC)(CC)C(C)C=NC(C)(C)C. The van der Waals surface area contributed by atoms with Crippen molar-refractivity contribution in [1.82, 2.24) is 0 Å². The summed E-state index contributed by atoms with van der Waals surface area (Å²) in [4.78, 5) is 4.68. The van der Waals surface area contributed by atoms with Gasteiger partial charge >= 0.3 is 0 Å². The maximum atomic E-state index is 4.68. The zero-order chi connectivity index (χ0) is 12.1. The Morgan fingerprint density at radius 2 is 1.47 bits per heavy atom. The highest BCUT2D eigenvalue weighted by Crippen LogP contribution is 2.32. The fourth-order valence-corrected chi connectivity index (χ4v) is 6.03. The molecule has 0 radical (unpaired) electrons. The molecule has 0 spiro atoms. The summed E-state index contributed by atoms with van der Waals surface area (Å²) in [6, 6.07) is 4.16. The van der Waals surface area contributed by atoms with Crippen molar-refractivity contribution in [2.45, 2.75) is 77.7 Å². The van der Waals surface area contributed by atoms with Crippen molar-refractivity contribution in [3.05, 3.63) is 0 Å². The van der Waals surface area contributed by atoms with Crippen LogP contribution in [-0.2, 0) is 0 Å². The third-order valence-electron chi connectivity index (χ3n) is 3.76. The lowest BCUT2D eigenvalue weighted by Crippen LogP contribution is -2.37. The number of hydrogen-bond donors (Lipinski definition) is 0. The second kappa shape index (κ2) is 5.83. The van der Waals surface area contributed by atoms with Gasteiger partial charge in [-0.25, -0.2) is 0 Å². The quantitative estimate of drug-likeness (QED) is 0.474. The molecule has 0 saturated heterocycles. The third kappa shape index (κ3) is 4.50. The van der Waals surface area contributed by atoms with E-state index in [0.29, 0.717) is 0 Å². The summed E-state index contributed by atoms with van der Waals surface area (Å²) in [7, 11) is -1.07. The molecule has 90 valence electrons. The predicted octanol–water partition coefficient (Wildman–Crippen LogP) is 4.75. The first kappa shape index (κ1) is 14.9. The van der Waals surface area contributed by atoms with E-state index in [2.05, 4.69) is 59.7 Å². The number of nitrogens with zero attached hydrogens (tertiary/aromatic N) is 1. The number of aliphatic imine (C=N–C) groups is 1. The van der Waals surface area contributed by atoms with Crippen LogP contribution >= 0.6 is 0 Å². The van der Waals surface area contributed by atoms with E-state index in [9.17, 15) is 0 Å². The Morgan fingerprint density at radius 3 is 1.73 bits per heavy atom. The van der Waals surface area contributed by atoms with Gasteiger partial charge in [0, 0.05) is 0 Å². The van der Waals surface area contributed by atoms with E-state index in [4.69, 9.17) is 0 Å². The van der Waals surface area contributed by atoms with Crippen molar-refractivity contribution >= 4 is 14.3 Å². The largest absolute Gasteiger partial charge is 0.292 e. The minimum Gasteiger partial charge on any atom is -0.292 e. The van der Waals surface area contributed by atoms with Crippen molar-refractivity contribution in [2.75, 3.05) is 0 Å². The first-order valence-electron chi connectivity index (χ1n) is 6.36. The molecule has 0 N–H and O–H groups in total. The summed E-state index contributed by atoms with van der Waals surface area (Å²) >= 11 is 0. The lowest BCUT2D eigenvalue weighted by Gasteiger charge is -2.33. The van der Waals surface area contributed by atoms with E-state index >= 15 is 0 Å². The molecule has 0 aliphatic heterocycles. The van der Waals surface area contributed by atoms with Gasteiger partial charge in [-0.3, -0.25) is 4.99 Å². The van der Waals surface area contributed by atoms with Crippen LogP contribution in [0.3, 0.4) is 0 Å². The second-order valence-electron chi connectivity index (χ2n) is 5.66. The Bertz CT molecular complexity index is 191. The van der Waals surface area contributed by atoms with E-state index < -0.39 is 8.07 Å². The van der Waals surface area contributed by atoms with Gasteiger partial charge in [0.15, 0.2) is 0 Å². The predicted molar refractivity (Wildman–Crippen MR) is 74.9 cm³/mol. The maximum absolute atomic E-state index is 4.68. The van der Waals surface area contributed by atoms with E-state index in [-0.39, 0.29) is 5.54 Å². The Hall–Kier alpha value is -0.113. The zero-order valence-corrected chi connectivity index (χ0v) is 12.7. The van der Waals surface area contributed by atoms with Gasteiger partial charge in [-0.15, -0.1) is 0 Å². The molecule has 0 aromatic carbocycles. The summed E-state index contributed by atoms with van der Waals surface area (Å²) in [5.74, 6) is 0. The van der Waals surface area contributed by atoms with Crippen LogP contribution in [0.15, 0.2) is 4.99 Å². The maximum Gasteiger partial charge on any atom is 0.0613 e. The second-order valence-corrected chi connectivity index (χ2v) is 11.4. The Balaban J connectivity index is 4.66. The van der Waals surface area contributed by atoms with Gasteiger partial charge in [-0.05, 0) is 32.5 Å². The third-order valence-corrected chi connectivity index (χ3v) is 10.1. The first-order chi connectivity index (χ1) is 6.81. The molecule has 0 aromatic heterocycles. The molecule has 0 amide bonds. The van der Waals surface area contributed by atoms with Crippen molar-refractivity contribution in [3.63, 3.8) is 0 Å². The fraction of sp³-hybridized carbons (Fsp3) is 0.923. The van der Waals surface area contributed by atoms with Crippen LogP contribution in [0.25, 0.3) is 0 Å². The molecule has 0 saturated carbocycles. The molecule has 2 heteroatoms. The summed E-state index contributed by atoms with van der Waals surface area (Å²) in [5, 5.41) is 0. The summed E-state index contributed by atoms with van der Waals surface area (Å²) in [6.45, 7) is 16.0. The van der Waals surface area contributed by atoms with Crippen LogP contribution in [0, 0.1) is 0 Å². The highest BCUT2D eigenvalue weighted by molar-refractivity contribution is 6.83. The summed E-state index contributed by atoms with van der Waals surface area (Å²) < 4.78 is 0. The van der Waals surface area contributed by atoms with Crippen molar-refractivity contribution in [2.24, 2.45) is 4.99 Å². The highest BCUT2D eigenvalue weighted by Gasteiger charge is 2.32. The molecule has 0 aliphatic carbocycles. The monoisotopic (exact) mass is 227 g/mol. The van der Waals surface area contributed by atoms with Gasteiger partial charge in [-0.1, -0.05) is 45.8 Å². The molecule has 1 nitrogen and oxygen atoms in total. The minimum atomic E-state index is -1.07. The van der Waals surface area contributed by atoms with Crippen LogP contribution in [0.5, 0.6) is 0 Å². The van der Waals surface area contributed by atoms with E-state index in [1.165, 1.54) is 18.1 Å². The standard InChI is InChI=1S/C13H29NSi/c1-8-15(9-2,10-3)12(4)11-14-13(5,6)7/h11-12H,8-10H2,1-7H3. The Morgan fingerprint density at radius 1 is 1.07 bits per heavy atom. The average molecular weight is 227 g/mol. The van der Waals surface area contributed by atoms with Gasteiger partial charge in [-0.2, -0.15) is 0 Å². The Labute approximate surface area is 97.4 Å². The molecule has 1 atom stereocenters. The van der Waals surface area contributed by atoms with Crippen molar-refractivity contribution < 1.29 is 0 Å². The fourth-order valence-electron chi connectivity index (χ4n) is 2.21. The summed E-state index contributed by atoms with van der Waals surface area (Å²) in [5.41, 5.74) is 0.806. The molecule has 0 fully saturated rings. The van der Waals surface area contributed by atoms with Gasteiger partial charge < -0.3 is 0 Å². The first-order valence-corrected chi connectivity index (χ1v) is 9.06. The van der Waals surface area contributed by atoms with Gasteiger partial charge in [0.05, 0.1) is 13.6 Å². The molecule has 0 aromatic rings. The smallest absolute Gasteiger partial charge is 0.0613 e. The molecule has 0 rings (SSSR count). The van der Waals surface area contributed by atoms with E-state index in [0.717, 1.165) is 5.54 Å². The zero-order valence-electron chi connectivity index (χ0n) is 11.7. The Kier molecular flexibility index (Phi) is 5.79. The molecule has 1 unspecified atom stereocenters. The topological polar surface area (TPSA) is 12.4 Å². The van der Waals surface area contributed by atoms with Gasteiger partial charge in [0.25, 0.3) is 0 Å². The molecule has 0 bridgehead atoms. The highest BCUT2D eigenvalue weighted by atomic mass is 28.3. The van der Waals surface area contributed by atoms with Gasteiger partial charge in [0.2, 0.25) is 0 Å². The number of rotatable bonds is 5. The molecule has 15 heavy (non-hydrogen) atoms. The van der Waals surface area contributed by atoms with Crippen LogP contribution in [0.2, 0.25) is 23.7 Å². The van der Waals surface area contributed by atoms with Crippen LogP contribution in [-0.4, -0.2) is 19.8 Å². The lowest BCUT2D eigenvalue weighted by molar-refractivity contribution is 0.585.